The lowest BCUT2D eigenvalue weighted by Crippen LogP contribution is -2.53. The summed E-state index contributed by atoms with van der Waals surface area (Å²) in [5, 5.41) is 3.06. The number of amides is 1. The second-order valence-electron chi connectivity index (χ2n) is 10.5. The van der Waals surface area contributed by atoms with E-state index in [-0.39, 0.29) is 11.9 Å². The number of carbonyl (C=O) groups excluding carboxylic acids is 2. The Kier molecular flexibility index (Phi) is 9.68. The molecule has 4 nitrogen and oxygen atoms in total. The molecular weight excluding hydrogens is 374 g/mol. The van der Waals surface area contributed by atoms with Crippen LogP contribution >= 0.6 is 0 Å². The molecular formula is C26H47NO3. The number of fused-ring (bicyclic) bond motifs is 2. The van der Waals surface area contributed by atoms with E-state index in [0.29, 0.717) is 13.0 Å². The van der Waals surface area contributed by atoms with E-state index in [1.54, 1.807) is 0 Å². The Hall–Kier alpha value is -1.06. The minimum atomic E-state index is -0.963. The van der Waals surface area contributed by atoms with E-state index < -0.39 is 16.4 Å². The van der Waals surface area contributed by atoms with Crippen LogP contribution < -0.4 is 5.32 Å². The predicted octanol–water partition coefficient (Wildman–Crippen LogP) is 6.71. The summed E-state index contributed by atoms with van der Waals surface area (Å²) < 4.78 is 5.65. The lowest BCUT2D eigenvalue weighted by molar-refractivity contribution is -0.168. The zero-order valence-electron chi connectivity index (χ0n) is 20.2. The van der Waals surface area contributed by atoms with E-state index in [9.17, 15) is 9.59 Å². The second-order valence-corrected chi connectivity index (χ2v) is 10.5. The zero-order valence-corrected chi connectivity index (χ0v) is 20.2. The number of esters is 1. The van der Waals surface area contributed by atoms with E-state index in [1.807, 2.05) is 20.8 Å². The molecule has 0 aromatic rings. The molecule has 0 radical (unpaired) electrons. The van der Waals surface area contributed by atoms with Crippen LogP contribution in [-0.2, 0) is 14.3 Å². The Morgan fingerprint density at radius 3 is 1.67 bits per heavy atom. The van der Waals surface area contributed by atoms with E-state index >= 15 is 0 Å². The normalized spacial score (nSPS) is 26.7. The van der Waals surface area contributed by atoms with Gasteiger partial charge in [-0.25, -0.2) is 0 Å². The highest BCUT2D eigenvalue weighted by Crippen LogP contribution is 2.65. The molecule has 2 bridgehead atoms. The number of carbonyl (C=O) groups is 2. The molecule has 4 heteroatoms. The molecule has 2 unspecified atom stereocenters. The Bertz CT molecular complexity index is 558. The van der Waals surface area contributed by atoms with Crippen LogP contribution in [-0.4, -0.2) is 24.0 Å². The van der Waals surface area contributed by atoms with Crippen LogP contribution in [0.4, 0.5) is 0 Å². The number of nitrogens with one attached hydrogen (secondary N) is 1. The molecule has 1 N–H and O–H groups in total. The van der Waals surface area contributed by atoms with Gasteiger partial charge in [-0.05, 0) is 26.2 Å². The molecule has 2 fully saturated rings. The van der Waals surface area contributed by atoms with Gasteiger partial charge in [-0.3, -0.25) is 9.59 Å². The van der Waals surface area contributed by atoms with Crippen LogP contribution in [0.1, 0.15) is 130 Å². The number of hydrogen-bond acceptors (Lipinski definition) is 3. The van der Waals surface area contributed by atoms with Crippen molar-refractivity contribution in [1.29, 1.82) is 0 Å². The van der Waals surface area contributed by atoms with Gasteiger partial charge < -0.3 is 10.1 Å². The smallest absolute Gasteiger partial charge is 0.313 e. The molecule has 30 heavy (non-hydrogen) atoms. The molecule has 2 aliphatic rings. The molecule has 1 amide bonds. The summed E-state index contributed by atoms with van der Waals surface area (Å²) in [4.78, 5) is 25.2. The molecule has 0 aromatic heterocycles. The third-order valence-corrected chi connectivity index (χ3v) is 8.27. The molecule has 1 saturated carbocycles. The molecule has 2 rings (SSSR count). The maximum atomic E-state index is 12.9. The summed E-state index contributed by atoms with van der Waals surface area (Å²) in [6.45, 7) is 8.93. The van der Waals surface area contributed by atoms with Crippen LogP contribution in [0.25, 0.3) is 0 Å². The minimum absolute atomic E-state index is 0.0863. The average molecular weight is 422 g/mol. The van der Waals surface area contributed by atoms with Crippen LogP contribution in [0.2, 0.25) is 0 Å². The summed E-state index contributed by atoms with van der Waals surface area (Å²) >= 11 is 0. The van der Waals surface area contributed by atoms with Crippen molar-refractivity contribution in [3.8, 4) is 0 Å². The maximum absolute atomic E-state index is 12.9. The maximum Gasteiger partial charge on any atom is 0.313 e. The van der Waals surface area contributed by atoms with Crippen LogP contribution in [0, 0.1) is 10.8 Å². The first-order valence-electron chi connectivity index (χ1n) is 12.8. The topological polar surface area (TPSA) is 55.4 Å². The number of rotatable bonds is 16. The van der Waals surface area contributed by atoms with Crippen LogP contribution in [0.3, 0.4) is 0 Å². The Labute approximate surface area is 185 Å². The van der Waals surface area contributed by atoms with E-state index in [1.165, 1.54) is 77.0 Å². The van der Waals surface area contributed by atoms with Crippen molar-refractivity contribution in [3.05, 3.63) is 0 Å². The van der Waals surface area contributed by atoms with Gasteiger partial charge >= 0.3 is 5.97 Å². The Balaban J connectivity index is 1.46. The average Bonchev–Trinajstić information content (AvgIpc) is 3.01. The van der Waals surface area contributed by atoms with Crippen molar-refractivity contribution in [3.63, 3.8) is 0 Å². The lowest BCUT2D eigenvalue weighted by Gasteiger charge is -2.35. The van der Waals surface area contributed by atoms with Gasteiger partial charge in [-0.2, -0.15) is 0 Å². The highest BCUT2D eigenvalue weighted by molar-refractivity contribution is 5.96. The van der Waals surface area contributed by atoms with E-state index in [2.05, 4.69) is 12.2 Å². The first-order valence-corrected chi connectivity index (χ1v) is 12.8. The van der Waals surface area contributed by atoms with Crippen molar-refractivity contribution >= 4 is 11.9 Å². The highest BCUT2D eigenvalue weighted by Gasteiger charge is 2.75. The minimum Gasteiger partial charge on any atom is -0.448 e. The van der Waals surface area contributed by atoms with Crippen molar-refractivity contribution in [2.75, 3.05) is 6.54 Å². The largest absolute Gasteiger partial charge is 0.448 e. The summed E-state index contributed by atoms with van der Waals surface area (Å²) in [7, 11) is 0. The summed E-state index contributed by atoms with van der Waals surface area (Å²) in [6, 6.07) is 0. The quantitative estimate of drug-likeness (QED) is 0.223. The molecule has 0 aromatic carbocycles. The van der Waals surface area contributed by atoms with Crippen molar-refractivity contribution in [1.82, 2.24) is 5.32 Å². The van der Waals surface area contributed by atoms with Gasteiger partial charge in [0.15, 0.2) is 5.60 Å². The van der Waals surface area contributed by atoms with Gasteiger partial charge in [0.2, 0.25) is 0 Å². The van der Waals surface area contributed by atoms with E-state index in [4.69, 9.17) is 4.74 Å². The predicted molar refractivity (Wildman–Crippen MR) is 123 cm³/mol. The lowest BCUT2D eigenvalue weighted by atomic mass is 9.66. The molecule has 0 spiro atoms. The van der Waals surface area contributed by atoms with E-state index in [0.717, 1.165) is 19.3 Å². The fourth-order valence-electron chi connectivity index (χ4n) is 5.41. The third-order valence-electron chi connectivity index (χ3n) is 8.27. The summed E-state index contributed by atoms with van der Waals surface area (Å²) in [6.07, 6.45) is 20.0. The number of unbranched alkanes of at least 4 members (excludes halogenated alkanes) is 13. The van der Waals surface area contributed by atoms with Crippen LogP contribution in [0.15, 0.2) is 0 Å². The molecule has 1 saturated heterocycles. The van der Waals surface area contributed by atoms with Gasteiger partial charge in [-0.15, -0.1) is 0 Å². The van der Waals surface area contributed by atoms with Gasteiger partial charge in [0, 0.05) is 12.0 Å². The fraction of sp³-hybridized carbons (Fsp3) is 0.923. The highest BCUT2D eigenvalue weighted by atomic mass is 16.6. The Morgan fingerprint density at radius 2 is 1.27 bits per heavy atom. The Morgan fingerprint density at radius 1 is 0.800 bits per heavy atom. The summed E-state index contributed by atoms with van der Waals surface area (Å²) in [5.74, 6) is -0.290. The molecule has 174 valence electrons. The molecule has 1 heterocycles. The second kappa shape index (κ2) is 11.5. The van der Waals surface area contributed by atoms with Gasteiger partial charge in [-0.1, -0.05) is 104 Å². The van der Waals surface area contributed by atoms with Crippen molar-refractivity contribution in [2.45, 2.75) is 136 Å². The third kappa shape index (κ3) is 5.40. The monoisotopic (exact) mass is 421 g/mol. The van der Waals surface area contributed by atoms with Gasteiger partial charge in [0.1, 0.15) is 0 Å². The van der Waals surface area contributed by atoms with Crippen molar-refractivity contribution < 1.29 is 14.3 Å². The number of hydrogen-bond donors (Lipinski definition) is 1. The molecule has 1 aliphatic heterocycles. The van der Waals surface area contributed by atoms with Crippen LogP contribution in [0.5, 0.6) is 0 Å². The molecule has 1 aliphatic carbocycles. The summed E-state index contributed by atoms with van der Waals surface area (Å²) in [5.41, 5.74) is -1.94. The number of ether oxygens (including phenoxy) is 1. The first-order chi connectivity index (χ1) is 14.3. The SMILES string of the molecule is CCCCCCCCCCCCCCCCNC(=O)C12CCC(C)(C(=O)O1)C2(C)C. The standard InChI is InChI=1S/C26H47NO3/c1-5-6-7-8-9-10-11-12-13-14-15-16-17-18-21-27-22(28)26-20-19-25(4,23(29)30-26)24(26,2)3/h5-21H2,1-4H3,(H,27,28). The zero-order chi connectivity index (χ0) is 22.1. The van der Waals surface area contributed by atoms with Gasteiger partial charge in [0.05, 0.1) is 5.41 Å². The van der Waals surface area contributed by atoms with Crippen molar-refractivity contribution in [2.24, 2.45) is 10.8 Å². The first kappa shape index (κ1) is 25.2. The fourth-order valence-corrected chi connectivity index (χ4v) is 5.41. The van der Waals surface area contributed by atoms with Gasteiger partial charge in [0.25, 0.3) is 5.91 Å². The molecule has 2 atom stereocenters.